The van der Waals surface area contributed by atoms with Gasteiger partial charge in [-0.2, -0.15) is 4.31 Å². The molecule has 2 aliphatic rings. The summed E-state index contributed by atoms with van der Waals surface area (Å²) in [6.07, 6.45) is 3.60. The molecule has 0 aromatic heterocycles. The number of fused-ring (bicyclic) bond motifs is 2. The Hall–Kier alpha value is -0.760. The third-order valence-electron chi connectivity index (χ3n) is 4.48. The number of benzene rings is 1. The molecule has 0 amide bonds. The van der Waals surface area contributed by atoms with Crippen LogP contribution in [0.4, 0.5) is 8.78 Å². The molecule has 2 atom stereocenters. The SMILES string of the molecule is CN(C1CC2CCC(C1)N2)S(=O)(=O)c1cc(F)cc(F)c1.Cl. The largest absolute Gasteiger partial charge is 0.311 e. The maximum atomic E-state index is 13.3. The monoisotopic (exact) mass is 352 g/mol. The normalized spacial score (nSPS) is 27.7. The van der Waals surface area contributed by atoms with Crippen LogP contribution in [0.1, 0.15) is 25.7 Å². The second kappa shape index (κ2) is 6.39. The number of hydrogen-bond acceptors (Lipinski definition) is 3. The van der Waals surface area contributed by atoms with E-state index in [0.29, 0.717) is 18.2 Å². The van der Waals surface area contributed by atoms with E-state index >= 15 is 0 Å². The summed E-state index contributed by atoms with van der Waals surface area (Å²) >= 11 is 0. The van der Waals surface area contributed by atoms with E-state index in [9.17, 15) is 17.2 Å². The van der Waals surface area contributed by atoms with Crippen LogP contribution in [0.25, 0.3) is 0 Å². The molecule has 22 heavy (non-hydrogen) atoms. The summed E-state index contributed by atoms with van der Waals surface area (Å²) in [6.45, 7) is 0. The molecular weight excluding hydrogens is 334 g/mol. The van der Waals surface area contributed by atoms with Gasteiger partial charge in [0.25, 0.3) is 0 Å². The molecule has 4 nitrogen and oxygen atoms in total. The lowest BCUT2D eigenvalue weighted by Crippen LogP contribution is -2.48. The van der Waals surface area contributed by atoms with Gasteiger partial charge in [0, 0.05) is 31.2 Å². The smallest absolute Gasteiger partial charge is 0.243 e. The van der Waals surface area contributed by atoms with E-state index in [1.54, 1.807) is 0 Å². The molecule has 8 heteroatoms. The molecule has 1 N–H and O–H groups in total. The Labute approximate surface area is 135 Å². The zero-order valence-corrected chi connectivity index (χ0v) is 13.8. The van der Waals surface area contributed by atoms with Crippen molar-refractivity contribution in [2.75, 3.05) is 7.05 Å². The molecule has 0 aliphatic carbocycles. The summed E-state index contributed by atoms with van der Waals surface area (Å²) in [5.74, 6) is -1.76. The van der Waals surface area contributed by atoms with Gasteiger partial charge in [0.15, 0.2) is 0 Å². The van der Waals surface area contributed by atoms with E-state index in [1.165, 1.54) is 11.4 Å². The first-order chi connectivity index (χ1) is 9.86. The van der Waals surface area contributed by atoms with Gasteiger partial charge < -0.3 is 5.32 Å². The molecule has 1 aromatic rings. The highest BCUT2D eigenvalue weighted by molar-refractivity contribution is 7.89. The second-order valence-electron chi connectivity index (χ2n) is 5.89. The Kier molecular flexibility index (Phi) is 5.11. The van der Waals surface area contributed by atoms with Gasteiger partial charge in [-0.25, -0.2) is 17.2 Å². The number of rotatable bonds is 3. The summed E-state index contributed by atoms with van der Waals surface area (Å²) < 4.78 is 52.9. The van der Waals surface area contributed by atoms with Gasteiger partial charge in [0.2, 0.25) is 10.0 Å². The predicted octanol–water partition coefficient (Wildman–Crippen LogP) is 2.29. The first kappa shape index (κ1) is 17.6. The summed E-state index contributed by atoms with van der Waals surface area (Å²) in [5, 5.41) is 3.44. The number of halogens is 3. The van der Waals surface area contributed by atoms with Crippen LogP contribution in [0.2, 0.25) is 0 Å². The average molecular weight is 353 g/mol. The van der Waals surface area contributed by atoms with E-state index in [4.69, 9.17) is 0 Å². The summed E-state index contributed by atoms with van der Waals surface area (Å²) in [5.41, 5.74) is 0. The summed E-state index contributed by atoms with van der Waals surface area (Å²) in [4.78, 5) is -0.326. The molecule has 2 unspecified atom stereocenters. The van der Waals surface area contributed by atoms with E-state index in [2.05, 4.69) is 5.32 Å². The van der Waals surface area contributed by atoms with Crippen molar-refractivity contribution >= 4 is 22.4 Å². The first-order valence-electron chi connectivity index (χ1n) is 7.06. The highest BCUT2D eigenvalue weighted by Crippen LogP contribution is 2.31. The van der Waals surface area contributed by atoms with Crippen LogP contribution >= 0.6 is 12.4 Å². The van der Waals surface area contributed by atoms with Gasteiger partial charge in [-0.15, -0.1) is 12.4 Å². The molecule has 3 rings (SSSR count). The van der Waals surface area contributed by atoms with E-state index in [1.807, 2.05) is 0 Å². The average Bonchev–Trinajstić information content (AvgIpc) is 2.75. The summed E-state index contributed by atoms with van der Waals surface area (Å²) in [6, 6.07) is 2.96. The lowest BCUT2D eigenvalue weighted by atomic mass is 10.0. The van der Waals surface area contributed by atoms with Gasteiger partial charge >= 0.3 is 0 Å². The minimum absolute atomic E-state index is 0. The van der Waals surface area contributed by atoms with E-state index in [-0.39, 0.29) is 23.3 Å². The van der Waals surface area contributed by atoms with Crippen molar-refractivity contribution < 1.29 is 17.2 Å². The highest BCUT2D eigenvalue weighted by atomic mass is 35.5. The van der Waals surface area contributed by atoms with Gasteiger partial charge in [-0.3, -0.25) is 0 Å². The fourth-order valence-corrected chi connectivity index (χ4v) is 4.78. The molecule has 0 spiro atoms. The number of piperidine rings is 1. The Bertz CT molecular complexity index is 624. The van der Waals surface area contributed by atoms with E-state index < -0.39 is 21.7 Å². The zero-order valence-electron chi connectivity index (χ0n) is 12.1. The van der Waals surface area contributed by atoms with Gasteiger partial charge in [0.05, 0.1) is 4.90 Å². The summed E-state index contributed by atoms with van der Waals surface area (Å²) in [7, 11) is -2.38. The second-order valence-corrected chi connectivity index (χ2v) is 7.89. The topological polar surface area (TPSA) is 49.4 Å². The van der Waals surface area contributed by atoms with Gasteiger partial charge in [-0.05, 0) is 37.8 Å². The molecule has 2 aliphatic heterocycles. The Morgan fingerprint density at radius 2 is 1.59 bits per heavy atom. The number of nitrogens with one attached hydrogen (secondary N) is 1. The lowest BCUT2D eigenvalue weighted by molar-refractivity contribution is 0.251. The fourth-order valence-electron chi connectivity index (χ4n) is 3.36. The molecule has 2 bridgehead atoms. The van der Waals surface area contributed by atoms with Crippen molar-refractivity contribution in [3.05, 3.63) is 29.8 Å². The third-order valence-corrected chi connectivity index (χ3v) is 6.36. The van der Waals surface area contributed by atoms with Gasteiger partial charge in [-0.1, -0.05) is 0 Å². The van der Waals surface area contributed by atoms with Crippen molar-refractivity contribution in [3.63, 3.8) is 0 Å². The zero-order chi connectivity index (χ0) is 15.2. The number of sulfonamides is 1. The van der Waals surface area contributed by atoms with Crippen LogP contribution in [0.5, 0.6) is 0 Å². The van der Waals surface area contributed by atoms with E-state index in [0.717, 1.165) is 37.8 Å². The van der Waals surface area contributed by atoms with Crippen LogP contribution in [-0.2, 0) is 10.0 Å². The molecule has 0 radical (unpaired) electrons. The molecule has 2 saturated heterocycles. The maximum Gasteiger partial charge on any atom is 0.243 e. The first-order valence-corrected chi connectivity index (χ1v) is 8.50. The van der Waals surface area contributed by atoms with Crippen molar-refractivity contribution in [2.24, 2.45) is 0 Å². The van der Waals surface area contributed by atoms with Crippen molar-refractivity contribution in [1.82, 2.24) is 9.62 Å². The van der Waals surface area contributed by atoms with Gasteiger partial charge in [0.1, 0.15) is 11.6 Å². The Balaban J connectivity index is 0.00000176. The van der Waals surface area contributed by atoms with Crippen molar-refractivity contribution in [2.45, 2.75) is 48.7 Å². The number of nitrogens with zero attached hydrogens (tertiary/aromatic N) is 1. The van der Waals surface area contributed by atoms with Crippen LogP contribution in [0.15, 0.2) is 23.1 Å². The Morgan fingerprint density at radius 1 is 1.09 bits per heavy atom. The predicted molar refractivity (Wildman–Crippen MR) is 81.5 cm³/mol. The van der Waals surface area contributed by atoms with Crippen molar-refractivity contribution in [3.8, 4) is 0 Å². The van der Waals surface area contributed by atoms with Crippen LogP contribution in [0, 0.1) is 11.6 Å². The quantitative estimate of drug-likeness (QED) is 0.908. The molecule has 124 valence electrons. The Morgan fingerprint density at radius 3 is 2.09 bits per heavy atom. The molecule has 2 fully saturated rings. The molecular formula is C14H19ClF2N2O2S. The van der Waals surface area contributed by atoms with Crippen molar-refractivity contribution in [1.29, 1.82) is 0 Å². The minimum atomic E-state index is -3.88. The molecule has 2 heterocycles. The standard InChI is InChI=1S/C14H18F2N2O2S.ClH/c1-18(13-7-11-2-3-12(8-13)17-11)21(19,20)14-5-9(15)4-10(16)6-14;/h4-6,11-13,17H,2-3,7-8H2,1H3;1H. The maximum absolute atomic E-state index is 13.3. The lowest BCUT2D eigenvalue weighted by Gasteiger charge is -2.34. The van der Waals surface area contributed by atoms with Crippen LogP contribution in [-0.4, -0.2) is 37.9 Å². The third kappa shape index (κ3) is 3.27. The number of hydrogen-bond donors (Lipinski definition) is 1. The fraction of sp³-hybridized carbons (Fsp3) is 0.571. The highest BCUT2D eigenvalue weighted by Gasteiger charge is 2.38. The van der Waals surface area contributed by atoms with Crippen LogP contribution in [0.3, 0.4) is 0 Å². The van der Waals surface area contributed by atoms with Crippen LogP contribution < -0.4 is 5.32 Å². The minimum Gasteiger partial charge on any atom is -0.311 e. The molecule has 1 aromatic carbocycles. The molecule has 0 saturated carbocycles.